The highest BCUT2D eigenvalue weighted by atomic mass is 16.4. The van der Waals surface area contributed by atoms with Crippen molar-refractivity contribution in [3.8, 4) is 5.69 Å². The Morgan fingerprint density at radius 1 is 1.12 bits per heavy atom. The fourth-order valence-corrected chi connectivity index (χ4v) is 2.92. The Kier molecular flexibility index (Phi) is 4.51. The molecule has 3 N–H and O–H groups in total. The van der Waals surface area contributed by atoms with Crippen LogP contribution in [0.25, 0.3) is 5.69 Å². The van der Waals surface area contributed by atoms with E-state index < -0.39 is 17.8 Å². The van der Waals surface area contributed by atoms with Crippen molar-refractivity contribution in [1.29, 1.82) is 0 Å². The molecule has 1 fully saturated rings. The fraction of sp³-hybridized carbons (Fsp3) is 0.294. The molecule has 0 bridgehead atoms. The number of carboxylic acids is 1. The van der Waals surface area contributed by atoms with Gasteiger partial charge in [-0.05, 0) is 25.0 Å². The fourth-order valence-electron chi connectivity index (χ4n) is 2.92. The van der Waals surface area contributed by atoms with Crippen molar-refractivity contribution >= 4 is 17.8 Å². The van der Waals surface area contributed by atoms with Crippen LogP contribution in [0.15, 0.2) is 36.4 Å². The third-order valence-electron chi connectivity index (χ3n) is 4.31. The molecular weight excluding hydrogens is 324 g/mol. The van der Waals surface area contributed by atoms with Gasteiger partial charge in [0.25, 0.3) is 11.8 Å². The summed E-state index contributed by atoms with van der Waals surface area (Å²) in [6, 6.07) is 10.3. The number of benzene rings is 1. The number of carbonyl (C=O) groups is 3. The van der Waals surface area contributed by atoms with Gasteiger partial charge in [-0.15, -0.1) is 0 Å². The van der Waals surface area contributed by atoms with E-state index in [9.17, 15) is 14.4 Å². The third kappa shape index (κ3) is 3.37. The number of primary amides is 1. The highest BCUT2D eigenvalue weighted by Crippen LogP contribution is 2.20. The van der Waals surface area contributed by atoms with Crippen molar-refractivity contribution in [1.82, 2.24) is 14.7 Å². The summed E-state index contributed by atoms with van der Waals surface area (Å²) in [5, 5.41) is 13.3. The summed E-state index contributed by atoms with van der Waals surface area (Å²) in [6.45, 7) is 0.694. The SMILES string of the molecule is NC(=O)c1cc(C(=O)N2CCC(C(=O)O)CC2)nn1-c1ccccc1. The first-order valence-electron chi connectivity index (χ1n) is 7.94. The summed E-state index contributed by atoms with van der Waals surface area (Å²) in [5.74, 6) is -2.27. The van der Waals surface area contributed by atoms with Gasteiger partial charge in [0, 0.05) is 19.2 Å². The molecule has 0 saturated carbocycles. The first kappa shape index (κ1) is 16.7. The maximum atomic E-state index is 12.6. The Morgan fingerprint density at radius 3 is 2.32 bits per heavy atom. The zero-order valence-electron chi connectivity index (χ0n) is 13.5. The molecule has 25 heavy (non-hydrogen) atoms. The quantitative estimate of drug-likeness (QED) is 0.856. The lowest BCUT2D eigenvalue weighted by atomic mass is 9.97. The number of hydrogen-bond donors (Lipinski definition) is 2. The van der Waals surface area contributed by atoms with Gasteiger partial charge in [-0.1, -0.05) is 18.2 Å². The minimum atomic E-state index is -0.837. The third-order valence-corrected chi connectivity index (χ3v) is 4.31. The van der Waals surface area contributed by atoms with Crippen LogP contribution in [0.3, 0.4) is 0 Å². The summed E-state index contributed by atoms with van der Waals surface area (Å²) in [7, 11) is 0. The van der Waals surface area contributed by atoms with E-state index >= 15 is 0 Å². The van der Waals surface area contributed by atoms with E-state index in [1.165, 1.54) is 10.7 Å². The number of rotatable bonds is 4. The Balaban J connectivity index is 1.85. The summed E-state index contributed by atoms with van der Waals surface area (Å²) < 4.78 is 1.35. The van der Waals surface area contributed by atoms with Crippen molar-refractivity contribution < 1.29 is 19.5 Å². The molecule has 2 aromatic rings. The number of aromatic nitrogens is 2. The maximum absolute atomic E-state index is 12.6. The van der Waals surface area contributed by atoms with Crippen LogP contribution in [-0.2, 0) is 4.79 Å². The van der Waals surface area contributed by atoms with E-state index in [0.29, 0.717) is 31.6 Å². The van der Waals surface area contributed by atoms with Crippen LogP contribution >= 0.6 is 0 Å². The molecule has 0 atom stereocenters. The molecule has 1 saturated heterocycles. The van der Waals surface area contributed by atoms with Crippen LogP contribution in [0.4, 0.5) is 0 Å². The number of amides is 2. The lowest BCUT2D eigenvalue weighted by molar-refractivity contribution is -0.143. The Bertz CT molecular complexity index is 807. The van der Waals surface area contributed by atoms with Gasteiger partial charge in [0.15, 0.2) is 5.69 Å². The van der Waals surface area contributed by atoms with Crippen LogP contribution in [0.5, 0.6) is 0 Å². The molecular formula is C17H18N4O4. The second-order valence-electron chi connectivity index (χ2n) is 5.93. The summed E-state index contributed by atoms with van der Waals surface area (Å²) in [4.78, 5) is 36.9. The van der Waals surface area contributed by atoms with Crippen LogP contribution in [0, 0.1) is 5.92 Å². The van der Waals surface area contributed by atoms with Crippen molar-refractivity contribution in [3.05, 3.63) is 47.8 Å². The van der Waals surface area contributed by atoms with E-state index in [-0.39, 0.29) is 17.3 Å². The number of likely N-dealkylation sites (tertiary alicyclic amines) is 1. The molecule has 8 nitrogen and oxygen atoms in total. The number of aliphatic carboxylic acids is 1. The summed E-state index contributed by atoms with van der Waals surface area (Å²) in [5.41, 5.74) is 6.27. The molecule has 0 aliphatic carbocycles. The van der Waals surface area contributed by atoms with Gasteiger partial charge < -0.3 is 15.7 Å². The first-order valence-corrected chi connectivity index (χ1v) is 7.94. The van der Waals surface area contributed by atoms with Crippen molar-refractivity contribution in [2.24, 2.45) is 11.7 Å². The minimum absolute atomic E-state index is 0.117. The second-order valence-corrected chi connectivity index (χ2v) is 5.93. The van der Waals surface area contributed by atoms with Gasteiger partial charge in [0.2, 0.25) is 0 Å². The Hall–Kier alpha value is -3.16. The van der Waals surface area contributed by atoms with Gasteiger partial charge in [0.05, 0.1) is 11.6 Å². The highest BCUT2D eigenvalue weighted by Gasteiger charge is 2.29. The van der Waals surface area contributed by atoms with Crippen LogP contribution in [-0.4, -0.2) is 50.7 Å². The molecule has 1 aliphatic rings. The highest BCUT2D eigenvalue weighted by molar-refractivity contribution is 5.97. The predicted octanol–water partition coefficient (Wildman–Crippen LogP) is 0.908. The molecule has 0 unspecified atom stereocenters. The standard InChI is InChI=1S/C17H18N4O4/c18-15(22)14-10-13(19-21(14)12-4-2-1-3-5-12)16(23)20-8-6-11(7-9-20)17(24)25/h1-5,10-11H,6-9H2,(H2,18,22)(H,24,25). The van der Waals surface area contributed by atoms with Crippen LogP contribution < -0.4 is 5.73 Å². The lowest BCUT2D eigenvalue weighted by Gasteiger charge is -2.29. The number of carboxylic acid groups (broad SMARTS) is 1. The number of hydrogen-bond acceptors (Lipinski definition) is 4. The van der Waals surface area contributed by atoms with Gasteiger partial charge in [-0.2, -0.15) is 5.10 Å². The average Bonchev–Trinajstić information content (AvgIpc) is 3.07. The average molecular weight is 342 g/mol. The molecule has 1 aromatic heterocycles. The van der Waals surface area contributed by atoms with Crippen molar-refractivity contribution in [2.75, 3.05) is 13.1 Å². The van der Waals surface area contributed by atoms with E-state index in [4.69, 9.17) is 10.8 Å². The molecule has 1 aliphatic heterocycles. The number of nitrogens with two attached hydrogens (primary N) is 1. The maximum Gasteiger partial charge on any atom is 0.306 e. The smallest absolute Gasteiger partial charge is 0.306 e. The molecule has 1 aromatic carbocycles. The number of piperidine rings is 1. The second kappa shape index (κ2) is 6.76. The summed E-state index contributed by atoms with van der Waals surface area (Å²) >= 11 is 0. The molecule has 0 radical (unpaired) electrons. The summed E-state index contributed by atoms with van der Waals surface area (Å²) in [6.07, 6.45) is 0.812. The van der Waals surface area contributed by atoms with E-state index in [2.05, 4.69) is 5.10 Å². The van der Waals surface area contributed by atoms with Gasteiger partial charge in [-0.25, -0.2) is 4.68 Å². The van der Waals surface area contributed by atoms with E-state index in [1.54, 1.807) is 29.2 Å². The predicted molar refractivity (Wildman–Crippen MR) is 88.3 cm³/mol. The largest absolute Gasteiger partial charge is 0.481 e. The lowest BCUT2D eigenvalue weighted by Crippen LogP contribution is -2.40. The monoisotopic (exact) mass is 342 g/mol. The molecule has 2 heterocycles. The van der Waals surface area contributed by atoms with E-state index in [1.807, 2.05) is 6.07 Å². The zero-order chi connectivity index (χ0) is 18.0. The Labute approximate surface area is 143 Å². The van der Waals surface area contributed by atoms with Gasteiger partial charge in [-0.3, -0.25) is 14.4 Å². The molecule has 8 heteroatoms. The van der Waals surface area contributed by atoms with Crippen molar-refractivity contribution in [2.45, 2.75) is 12.8 Å². The Morgan fingerprint density at radius 2 is 1.76 bits per heavy atom. The van der Waals surface area contributed by atoms with Crippen LogP contribution in [0.2, 0.25) is 0 Å². The number of nitrogens with zero attached hydrogens (tertiary/aromatic N) is 3. The zero-order valence-corrected chi connectivity index (χ0v) is 13.5. The molecule has 3 rings (SSSR count). The van der Waals surface area contributed by atoms with E-state index in [0.717, 1.165) is 0 Å². The van der Waals surface area contributed by atoms with Crippen LogP contribution in [0.1, 0.15) is 33.8 Å². The molecule has 130 valence electrons. The van der Waals surface area contributed by atoms with Crippen molar-refractivity contribution in [3.63, 3.8) is 0 Å². The van der Waals surface area contributed by atoms with Gasteiger partial charge >= 0.3 is 5.97 Å². The first-order chi connectivity index (χ1) is 12.0. The van der Waals surface area contributed by atoms with Gasteiger partial charge in [0.1, 0.15) is 5.69 Å². The topological polar surface area (TPSA) is 119 Å². The number of para-hydroxylation sites is 1. The molecule has 2 amide bonds. The molecule has 0 spiro atoms. The minimum Gasteiger partial charge on any atom is -0.481 e. The normalized spacial score (nSPS) is 15.1. The number of carbonyl (C=O) groups excluding carboxylic acids is 2.